The summed E-state index contributed by atoms with van der Waals surface area (Å²) in [5, 5.41) is 0. The number of hydrogen-bond donors (Lipinski definition) is 0. The minimum atomic E-state index is -2.23. The summed E-state index contributed by atoms with van der Waals surface area (Å²) >= 11 is 0. The highest BCUT2D eigenvalue weighted by Gasteiger charge is 2.24. The van der Waals surface area contributed by atoms with E-state index in [9.17, 15) is 8.78 Å². The van der Waals surface area contributed by atoms with Gasteiger partial charge in [-0.1, -0.05) is 58.9 Å². The minimum absolute atomic E-state index is 0.0489. The molecule has 102 valence electrons. The van der Waals surface area contributed by atoms with Gasteiger partial charge in [0.15, 0.2) is 0 Å². The van der Waals surface area contributed by atoms with Crippen molar-refractivity contribution in [3.05, 3.63) is 35.4 Å². The first-order valence-electron chi connectivity index (χ1n) is 6.48. The van der Waals surface area contributed by atoms with Gasteiger partial charge in [0.05, 0.1) is 0 Å². The number of hydrogen-bond acceptors (Lipinski definition) is 0. The molecule has 0 radical (unpaired) electrons. The lowest BCUT2D eigenvalue weighted by atomic mass is 9.80. The smallest absolute Gasteiger partial charge is 0.211 e. The van der Waals surface area contributed by atoms with E-state index in [2.05, 4.69) is 32.9 Å². The van der Waals surface area contributed by atoms with Crippen LogP contribution >= 0.6 is 0 Å². The molecule has 0 nitrogen and oxygen atoms in total. The average molecular weight is 254 g/mol. The second-order valence-corrected chi connectivity index (χ2v) is 6.89. The fourth-order valence-electron chi connectivity index (χ4n) is 2.19. The maximum Gasteiger partial charge on any atom is 0.239 e. The Morgan fingerprint density at radius 1 is 1.06 bits per heavy atom. The molecule has 0 aromatic heterocycles. The molecule has 2 heteroatoms. The number of halogens is 2. The predicted molar refractivity (Wildman–Crippen MR) is 73.2 cm³/mol. The van der Waals surface area contributed by atoms with E-state index >= 15 is 0 Å². The summed E-state index contributed by atoms with van der Waals surface area (Å²) < 4.78 is 25.0. The molecule has 0 saturated carbocycles. The molecular formula is C16H24F2. The molecule has 18 heavy (non-hydrogen) atoms. The molecule has 0 aliphatic rings. The van der Waals surface area contributed by atoms with Gasteiger partial charge >= 0.3 is 0 Å². The molecule has 1 rings (SSSR count). The van der Waals surface area contributed by atoms with Crippen LogP contribution in [-0.4, -0.2) is 6.43 Å². The van der Waals surface area contributed by atoms with Crippen molar-refractivity contribution < 1.29 is 8.78 Å². The zero-order valence-corrected chi connectivity index (χ0v) is 12.1. The largest absolute Gasteiger partial charge is 0.239 e. The van der Waals surface area contributed by atoms with Crippen LogP contribution in [0.4, 0.5) is 8.78 Å². The van der Waals surface area contributed by atoms with E-state index in [0.29, 0.717) is 6.42 Å². The first-order chi connectivity index (χ1) is 8.10. The van der Waals surface area contributed by atoms with Gasteiger partial charge in [-0.25, -0.2) is 8.78 Å². The summed E-state index contributed by atoms with van der Waals surface area (Å²) in [6.45, 7) is 10.3. The van der Waals surface area contributed by atoms with E-state index in [1.54, 1.807) is 0 Å². The van der Waals surface area contributed by atoms with Crippen LogP contribution in [-0.2, 0) is 11.8 Å². The van der Waals surface area contributed by atoms with Crippen molar-refractivity contribution in [1.82, 2.24) is 0 Å². The molecule has 0 atom stereocenters. The Morgan fingerprint density at radius 2 is 1.67 bits per heavy atom. The first-order valence-corrected chi connectivity index (χ1v) is 6.48. The highest BCUT2D eigenvalue weighted by atomic mass is 19.3. The van der Waals surface area contributed by atoms with Crippen molar-refractivity contribution in [1.29, 1.82) is 0 Å². The molecule has 0 spiro atoms. The van der Waals surface area contributed by atoms with Gasteiger partial charge in [-0.3, -0.25) is 0 Å². The van der Waals surface area contributed by atoms with Crippen molar-refractivity contribution >= 4 is 0 Å². The minimum Gasteiger partial charge on any atom is -0.211 e. The molecule has 0 amide bonds. The quantitative estimate of drug-likeness (QED) is 0.692. The Morgan fingerprint density at radius 3 is 2.17 bits per heavy atom. The van der Waals surface area contributed by atoms with Crippen LogP contribution in [0.15, 0.2) is 24.3 Å². The maximum atomic E-state index is 12.5. The van der Waals surface area contributed by atoms with Crippen LogP contribution in [0.3, 0.4) is 0 Å². The summed E-state index contributed by atoms with van der Waals surface area (Å²) in [4.78, 5) is 0. The maximum absolute atomic E-state index is 12.5. The van der Waals surface area contributed by atoms with Crippen molar-refractivity contribution in [3.8, 4) is 0 Å². The van der Waals surface area contributed by atoms with Gasteiger partial charge in [0.2, 0.25) is 6.43 Å². The standard InChI is InChI=1S/C16H24F2/c1-15(2,3)13-8-6-7-12(9-13)10-16(4,5)11-14(17)18/h6-9,14H,10-11H2,1-5H3. The topological polar surface area (TPSA) is 0 Å². The summed E-state index contributed by atoms with van der Waals surface area (Å²) in [5.41, 5.74) is 2.15. The van der Waals surface area contributed by atoms with E-state index in [1.807, 2.05) is 26.0 Å². The van der Waals surface area contributed by atoms with Gasteiger partial charge in [-0.05, 0) is 28.4 Å². The van der Waals surface area contributed by atoms with Gasteiger partial charge in [0.1, 0.15) is 0 Å². The Bertz CT molecular complexity index is 386. The Kier molecular flexibility index (Phi) is 4.52. The van der Waals surface area contributed by atoms with Crippen molar-refractivity contribution in [2.45, 2.75) is 59.3 Å². The fraction of sp³-hybridized carbons (Fsp3) is 0.625. The van der Waals surface area contributed by atoms with E-state index in [0.717, 1.165) is 5.56 Å². The van der Waals surface area contributed by atoms with E-state index < -0.39 is 6.43 Å². The molecule has 0 saturated heterocycles. The van der Waals surface area contributed by atoms with Gasteiger partial charge < -0.3 is 0 Å². The van der Waals surface area contributed by atoms with Crippen LogP contribution in [0.25, 0.3) is 0 Å². The van der Waals surface area contributed by atoms with Crippen LogP contribution in [0.2, 0.25) is 0 Å². The highest BCUT2D eigenvalue weighted by Crippen LogP contribution is 2.30. The third-order valence-corrected chi connectivity index (χ3v) is 3.18. The lowest BCUT2D eigenvalue weighted by Gasteiger charge is -2.26. The van der Waals surface area contributed by atoms with Crippen LogP contribution < -0.4 is 0 Å². The Labute approximate surface area is 109 Å². The Balaban J connectivity index is 2.85. The van der Waals surface area contributed by atoms with E-state index in [4.69, 9.17) is 0 Å². The number of benzene rings is 1. The number of rotatable bonds is 4. The lowest BCUT2D eigenvalue weighted by Crippen LogP contribution is -2.19. The van der Waals surface area contributed by atoms with Gasteiger partial charge in [0, 0.05) is 6.42 Å². The molecule has 0 aliphatic heterocycles. The summed E-state index contributed by atoms with van der Waals surface area (Å²) in [6, 6.07) is 8.30. The second kappa shape index (κ2) is 5.38. The molecule has 0 N–H and O–H groups in total. The third kappa shape index (κ3) is 4.75. The molecule has 0 heterocycles. The van der Waals surface area contributed by atoms with E-state index in [1.165, 1.54) is 5.56 Å². The molecule has 1 aromatic carbocycles. The fourth-order valence-corrected chi connectivity index (χ4v) is 2.19. The summed E-state index contributed by atoms with van der Waals surface area (Å²) in [5.74, 6) is 0. The highest BCUT2D eigenvalue weighted by molar-refractivity contribution is 5.29. The van der Waals surface area contributed by atoms with Gasteiger partial charge in [-0.2, -0.15) is 0 Å². The van der Waals surface area contributed by atoms with Crippen LogP contribution in [0.1, 0.15) is 52.2 Å². The Hall–Kier alpha value is -0.920. The normalized spacial score (nSPS) is 13.1. The summed E-state index contributed by atoms with van der Waals surface area (Å²) in [7, 11) is 0. The first kappa shape index (κ1) is 15.1. The number of alkyl halides is 2. The van der Waals surface area contributed by atoms with Crippen molar-refractivity contribution in [2.75, 3.05) is 0 Å². The van der Waals surface area contributed by atoms with Crippen LogP contribution in [0.5, 0.6) is 0 Å². The summed E-state index contributed by atoms with van der Waals surface area (Å²) in [6.07, 6.45) is -1.58. The monoisotopic (exact) mass is 254 g/mol. The molecular weight excluding hydrogens is 230 g/mol. The molecule has 1 aromatic rings. The average Bonchev–Trinajstić information content (AvgIpc) is 2.13. The third-order valence-electron chi connectivity index (χ3n) is 3.18. The lowest BCUT2D eigenvalue weighted by molar-refractivity contribution is 0.0874. The zero-order valence-electron chi connectivity index (χ0n) is 12.1. The van der Waals surface area contributed by atoms with Crippen molar-refractivity contribution in [3.63, 3.8) is 0 Å². The van der Waals surface area contributed by atoms with Gasteiger partial charge in [0.25, 0.3) is 0 Å². The predicted octanol–water partition coefficient (Wildman–Crippen LogP) is 5.21. The van der Waals surface area contributed by atoms with Crippen molar-refractivity contribution in [2.24, 2.45) is 5.41 Å². The molecule has 0 aliphatic carbocycles. The zero-order chi connectivity index (χ0) is 14.0. The van der Waals surface area contributed by atoms with Crippen LogP contribution in [0, 0.1) is 5.41 Å². The SMILES string of the molecule is CC(C)(Cc1cccc(C(C)(C)C)c1)CC(F)F. The second-order valence-electron chi connectivity index (χ2n) is 6.89. The van der Waals surface area contributed by atoms with E-state index in [-0.39, 0.29) is 17.3 Å². The molecule has 0 unspecified atom stereocenters. The molecule has 0 fully saturated rings. The van der Waals surface area contributed by atoms with Gasteiger partial charge in [-0.15, -0.1) is 0 Å². The molecule has 0 bridgehead atoms.